The normalized spacial score (nSPS) is 19.3. The lowest BCUT2D eigenvalue weighted by Gasteiger charge is -2.44. The van der Waals surface area contributed by atoms with Crippen LogP contribution in [0.1, 0.15) is 40.1 Å². The van der Waals surface area contributed by atoms with Crippen molar-refractivity contribution in [2.24, 2.45) is 5.73 Å². The number of fused-ring (bicyclic) bond motifs is 1. The van der Waals surface area contributed by atoms with E-state index in [4.69, 9.17) is 5.73 Å². The van der Waals surface area contributed by atoms with Crippen LogP contribution in [-0.4, -0.2) is 57.6 Å². The highest BCUT2D eigenvalue weighted by atomic mass is 19.1. The molecule has 3 aromatic rings. The van der Waals surface area contributed by atoms with Crippen molar-refractivity contribution in [1.82, 2.24) is 14.8 Å². The molecule has 2 atom stereocenters. The van der Waals surface area contributed by atoms with Gasteiger partial charge in [-0.2, -0.15) is 0 Å². The number of amides is 2. The fraction of sp³-hybridized carbons (Fsp3) is 0.292. The number of piperazine rings is 1. The lowest BCUT2D eigenvalue weighted by atomic mass is 10.0. The molecule has 2 heterocycles. The van der Waals surface area contributed by atoms with Crippen LogP contribution in [0.25, 0.3) is 10.9 Å². The van der Waals surface area contributed by atoms with Gasteiger partial charge in [0.1, 0.15) is 5.82 Å². The molecular formula is C24H25FN4O3. The van der Waals surface area contributed by atoms with Crippen LogP contribution in [-0.2, 0) is 11.3 Å². The van der Waals surface area contributed by atoms with Crippen molar-refractivity contribution in [3.63, 3.8) is 0 Å². The van der Waals surface area contributed by atoms with E-state index in [2.05, 4.69) is 16.8 Å². The number of aromatic amines is 1. The van der Waals surface area contributed by atoms with Crippen LogP contribution in [0.5, 0.6) is 0 Å². The van der Waals surface area contributed by atoms with E-state index >= 15 is 0 Å². The number of nitrogens with zero attached hydrogens (tertiary/aromatic N) is 2. The first-order valence-electron chi connectivity index (χ1n) is 10.5. The van der Waals surface area contributed by atoms with Gasteiger partial charge in [-0.05, 0) is 49.7 Å². The highest BCUT2D eigenvalue weighted by Gasteiger charge is 2.33. The molecule has 1 aliphatic heterocycles. The standard InChI is InChI=1S/C24H25FN4O3/c1-14-12-29(15(2)11-28(14)13-16-3-6-18(25)7-4-16)24(32)20-10-27-21-8-5-17(9-19(20)21)22(30)23(26)31/h3-10,14-15,27H,11-13H2,1-2H3,(H2,26,31). The smallest absolute Gasteiger partial charge is 0.289 e. The largest absolute Gasteiger partial charge is 0.363 e. The lowest BCUT2D eigenvalue weighted by Crippen LogP contribution is -2.57. The predicted molar refractivity (Wildman–Crippen MR) is 119 cm³/mol. The van der Waals surface area contributed by atoms with E-state index in [0.717, 1.165) is 5.56 Å². The molecular weight excluding hydrogens is 411 g/mol. The molecule has 0 aliphatic carbocycles. The van der Waals surface area contributed by atoms with E-state index in [1.807, 2.05) is 11.8 Å². The third kappa shape index (κ3) is 4.13. The van der Waals surface area contributed by atoms with Crippen LogP contribution in [0.3, 0.4) is 0 Å². The number of carbonyl (C=O) groups is 3. The number of ketones is 1. The van der Waals surface area contributed by atoms with Crippen molar-refractivity contribution in [2.45, 2.75) is 32.5 Å². The summed E-state index contributed by atoms with van der Waals surface area (Å²) in [5, 5.41) is 0.579. The topological polar surface area (TPSA) is 99.5 Å². The summed E-state index contributed by atoms with van der Waals surface area (Å²) in [5.41, 5.74) is 7.44. The highest BCUT2D eigenvalue weighted by molar-refractivity contribution is 6.42. The second-order valence-corrected chi connectivity index (χ2v) is 8.37. The van der Waals surface area contributed by atoms with Crippen LogP contribution in [0.4, 0.5) is 4.39 Å². The number of hydrogen-bond donors (Lipinski definition) is 2. The van der Waals surface area contributed by atoms with Gasteiger partial charge in [0.05, 0.1) is 5.56 Å². The summed E-state index contributed by atoms with van der Waals surface area (Å²) in [5.74, 6) is -2.22. The minimum atomic E-state index is -1.03. The average Bonchev–Trinajstić information content (AvgIpc) is 3.19. The molecule has 0 bridgehead atoms. The van der Waals surface area contributed by atoms with E-state index in [0.29, 0.717) is 36.1 Å². The molecule has 1 fully saturated rings. The number of hydrogen-bond acceptors (Lipinski definition) is 4. The fourth-order valence-corrected chi connectivity index (χ4v) is 4.26. The summed E-state index contributed by atoms with van der Waals surface area (Å²) in [6.07, 6.45) is 1.63. The van der Waals surface area contributed by atoms with Crippen molar-refractivity contribution in [2.75, 3.05) is 13.1 Å². The van der Waals surface area contributed by atoms with Crippen LogP contribution in [0.15, 0.2) is 48.7 Å². The third-order valence-corrected chi connectivity index (χ3v) is 6.07. The molecule has 0 radical (unpaired) electrons. The lowest BCUT2D eigenvalue weighted by molar-refractivity contribution is -0.114. The average molecular weight is 436 g/mol. The highest BCUT2D eigenvalue weighted by Crippen LogP contribution is 2.25. The number of nitrogens with one attached hydrogen (secondary N) is 1. The Morgan fingerprint density at radius 2 is 1.78 bits per heavy atom. The van der Waals surface area contributed by atoms with Crippen molar-refractivity contribution < 1.29 is 18.8 Å². The molecule has 8 heteroatoms. The molecule has 1 aliphatic rings. The summed E-state index contributed by atoms with van der Waals surface area (Å²) < 4.78 is 13.2. The number of carbonyl (C=O) groups excluding carboxylic acids is 3. The maximum Gasteiger partial charge on any atom is 0.289 e. The Bertz CT molecular complexity index is 1190. The number of nitrogens with two attached hydrogens (primary N) is 1. The van der Waals surface area contributed by atoms with Gasteiger partial charge in [-0.25, -0.2) is 4.39 Å². The van der Waals surface area contributed by atoms with Crippen LogP contribution in [0, 0.1) is 5.82 Å². The summed E-state index contributed by atoms with van der Waals surface area (Å²) >= 11 is 0. The van der Waals surface area contributed by atoms with Gasteiger partial charge < -0.3 is 15.6 Å². The Labute approximate surface area is 185 Å². The maximum atomic E-state index is 13.4. The van der Waals surface area contributed by atoms with Gasteiger partial charge in [-0.1, -0.05) is 12.1 Å². The number of halogens is 1. The zero-order valence-electron chi connectivity index (χ0n) is 18.0. The number of H-pyrrole nitrogens is 1. The minimum Gasteiger partial charge on any atom is -0.363 e. The molecule has 2 aromatic carbocycles. The molecule has 166 valence electrons. The Balaban J connectivity index is 1.54. The van der Waals surface area contributed by atoms with E-state index in [9.17, 15) is 18.8 Å². The first-order chi connectivity index (χ1) is 15.2. The number of aromatic nitrogens is 1. The molecule has 2 amide bonds. The molecule has 1 saturated heterocycles. The number of benzene rings is 2. The monoisotopic (exact) mass is 436 g/mol. The van der Waals surface area contributed by atoms with Crippen molar-refractivity contribution in [3.05, 3.63) is 71.2 Å². The molecule has 32 heavy (non-hydrogen) atoms. The summed E-state index contributed by atoms with van der Waals surface area (Å²) in [6.45, 7) is 5.96. The van der Waals surface area contributed by atoms with Gasteiger partial charge in [0.2, 0.25) is 5.78 Å². The maximum absolute atomic E-state index is 13.4. The zero-order valence-corrected chi connectivity index (χ0v) is 18.0. The predicted octanol–water partition coefficient (Wildman–Crippen LogP) is 2.71. The van der Waals surface area contributed by atoms with Crippen molar-refractivity contribution in [3.8, 4) is 0 Å². The zero-order chi connectivity index (χ0) is 23.0. The number of primary amides is 1. The van der Waals surface area contributed by atoms with Crippen LogP contribution < -0.4 is 5.73 Å². The second-order valence-electron chi connectivity index (χ2n) is 8.37. The van der Waals surface area contributed by atoms with Crippen molar-refractivity contribution in [1.29, 1.82) is 0 Å². The van der Waals surface area contributed by atoms with Crippen LogP contribution >= 0.6 is 0 Å². The Morgan fingerprint density at radius 1 is 1.06 bits per heavy atom. The third-order valence-electron chi connectivity index (χ3n) is 6.07. The molecule has 4 rings (SSSR count). The van der Waals surface area contributed by atoms with E-state index in [-0.39, 0.29) is 29.4 Å². The van der Waals surface area contributed by atoms with E-state index < -0.39 is 11.7 Å². The Hall–Kier alpha value is -3.52. The Morgan fingerprint density at radius 3 is 2.47 bits per heavy atom. The summed E-state index contributed by atoms with van der Waals surface area (Å²) in [7, 11) is 0. The number of Topliss-reactive ketones (excluding diaryl/α,β-unsaturated/α-hetero) is 1. The molecule has 0 saturated carbocycles. The second kappa shape index (κ2) is 8.55. The molecule has 3 N–H and O–H groups in total. The van der Waals surface area contributed by atoms with E-state index in [1.165, 1.54) is 24.3 Å². The molecule has 1 aromatic heterocycles. The van der Waals surface area contributed by atoms with Crippen LogP contribution in [0.2, 0.25) is 0 Å². The minimum absolute atomic E-state index is 0.0421. The molecule has 2 unspecified atom stereocenters. The van der Waals surface area contributed by atoms with Gasteiger partial charge in [-0.3, -0.25) is 19.3 Å². The number of rotatable bonds is 5. The molecule has 7 nitrogen and oxygen atoms in total. The first kappa shape index (κ1) is 21.7. The summed E-state index contributed by atoms with van der Waals surface area (Å²) in [4.78, 5) is 43.8. The fourth-order valence-electron chi connectivity index (χ4n) is 4.26. The Kier molecular flexibility index (Phi) is 5.80. The first-order valence-corrected chi connectivity index (χ1v) is 10.5. The van der Waals surface area contributed by atoms with Gasteiger partial charge >= 0.3 is 0 Å². The van der Waals surface area contributed by atoms with Gasteiger partial charge in [0, 0.05) is 54.4 Å². The van der Waals surface area contributed by atoms with Crippen molar-refractivity contribution >= 4 is 28.5 Å². The van der Waals surface area contributed by atoms with Gasteiger partial charge in [0.15, 0.2) is 0 Å². The summed E-state index contributed by atoms with van der Waals surface area (Å²) in [6, 6.07) is 11.2. The van der Waals surface area contributed by atoms with E-state index in [1.54, 1.807) is 24.4 Å². The quantitative estimate of drug-likeness (QED) is 0.475. The SMILES string of the molecule is CC1CN(C(=O)c2c[nH]c3ccc(C(=O)C(N)=O)cc23)C(C)CN1Cc1ccc(F)cc1. The molecule has 0 spiro atoms. The van der Waals surface area contributed by atoms with Gasteiger partial charge in [0.25, 0.3) is 11.8 Å². The van der Waals surface area contributed by atoms with Gasteiger partial charge in [-0.15, -0.1) is 0 Å².